The van der Waals surface area contributed by atoms with E-state index in [0.29, 0.717) is 12.3 Å². The molecule has 1 aromatic rings. The quantitative estimate of drug-likeness (QED) is 0.775. The van der Waals surface area contributed by atoms with E-state index in [2.05, 4.69) is 5.32 Å². The number of nitrogens with one attached hydrogen (secondary N) is 1. The van der Waals surface area contributed by atoms with Crippen molar-refractivity contribution in [2.45, 2.75) is 38.8 Å². The van der Waals surface area contributed by atoms with Gasteiger partial charge >= 0.3 is 0 Å². The predicted molar refractivity (Wildman–Crippen MR) is 80.0 cm³/mol. The fraction of sp³-hybridized carbons (Fsp3) is 0.562. The maximum absolute atomic E-state index is 12.7. The van der Waals surface area contributed by atoms with Crippen molar-refractivity contribution >= 4 is 11.6 Å². The maximum atomic E-state index is 12.7. The molecule has 2 aliphatic rings. The summed E-state index contributed by atoms with van der Waals surface area (Å²) in [4.78, 5) is 12.7. The Hall–Kier alpha value is -1.59. The lowest BCUT2D eigenvalue weighted by Crippen LogP contribution is -2.79. The average molecular weight is 290 g/mol. The molecule has 1 aromatic carbocycles. The van der Waals surface area contributed by atoms with E-state index in [-0.39, 0.29) is 23.7 Å². The fourth-order valence-corrected chi connectivity index (χ4v) is 3.77. The van der Waals surface area contributed by atoms with Gasteiger partial charge in [-0.25, -0.2) is 0 Å². The number of anilines is 1. The Morgan fingerprint density at radius 2 is 2.19 bits per heavy atom. The van der Waals surface area contributed by atoms with Gasteiger partial charge in [-0.15, -0.1) is 0 Å². The smallest absolute Gasteiger partial charge is 0.245 e. The molecule has 2 fully saturated rings. The van der Waals surface area contributed by atoms with Crippen LogP contribution in [-0.4, -0.2) is 29.3 Å². The number of hydrogen-bond acceptors (Lipinski definition) is 4. The molecule has 3 atom stereocenters. The van der Waals surface area contributed by atoms with Crippen LogP contribution in [0.25, 0.3) is 0 Å². The highest BCUT2D eigenvalue weighted by Crippen LogP contribution is 2.58. The zero-order valence-corrected chi connectivity index (χ0v) is 12.6. The molecule has 0 spiro atoms. The monoisotopic (exact) mass is 290 g/mol. The second-order valence-electron chi connectivity index (χ2n) is 6.73. The van der Waals surface area contributed by atoms with Crippen LogP contribution in [0.4, 0.5) is 5.69 Å². The number of phenolic OH excluding ortho intramolecular Hbond substituents is 1. The standard InChI is InChI=1S/C16H22N2O3/c1-9-4-5-10(8-12(9)19)18-14(20)16(17)11-6-7-21-13(11)15(16,2)3/h4-5,8,11,13,19H,6-7,17H2,1-3H3,(H,18,20). The molecule has 1 aliphatic heterocycles. The van der Waals surface area contributed by atoms with E-state index in [1.807, 2.05) is 13.8 Å². The second kappa shape index (κ2) is 4.45. The van der Waals surface area contributed by atoms with Crippen LogP contribution in [0.15, 0.2) is 18.2 Å². The molecule has 5 nitrogen and oxygen atoms in total. The highest BCUT2D eigenvalue weighted by atomic mass is 16.5. The van der Waals surface area contributed by atoms with Crippen molar-refractivity contribution in [3.05, 3.63) is 23.8 Å². The Kier molecular flexibility index (Phi) is 3.04. The first-order valence-electron chi connectivity index (χ1n) is 7.30. The average Bonchev–Trinajstić information content (AvgIpc) is 2.90. The fourth-order valence-electron chi connectivity index (χ4n) is 3.77. The highest BCUT2D eigenvalue weighted by molar-refractivity contribution is 6.00. The zero-order chi connectivity index (χ0) is 15.4. The summed E-state index contributed by atoms with van der Waals surface area (Å²) in [6, 6.07) is 5.08. The molecule has 114 valence electrons. The van der Waals surface area contributed by atoms with Gasteiger partial charge in [-0.1, -0.05) is 19.9 Å². The molecular formula is C16H22N2O3. The van der Waals surface area contributed by atoms with E-state index in [1.165, 1.54) is 0 Å². The van der Waals surface area contributed by atoms with E-state index in [1.54, 1.807) is 25.1 Å². The first-order chi connectivity index (χ1) is 9.78. The van der Waals surface area contributed by atoms with Gasteiger partial charge in [-0.2, -0.15) is 0 Å². The number of ether oxygens (including phenoxy) is 1. The molecule has 4 N–H and O–H groups in total. The lowest BCUT2D eigenvalue weighted by molar-refractivity contribution is -0.170. The van der Waals surface area contributed by atoms with Gasteiger partial charge in [-0.3, -0.25) is 4.79 Å². The minimum Gasteiger partial charge on any atom is -0.508 e. The van der Waals surface area contributed by atoms with Crippen LogP contribution in [0.5, 0.6) is 5.75 Å². The third kappa shape index (κ3) is 1.80. The van der Waals surface area contributed by atoms with Crippen LogP contribution in [0.3, 0.4) is 0 Å². The van der Waals surface area contributed by atoms with E-state index in [0.717, 1.165) is 12.0 Å². The van der Waals surface area contributed by atoms with Crippen LogP contribution in [0.2, 0.25) is 0 Å². The van der Waals surface area contributed by atoms with E-state index < -0.39 is 11.0 Å². The van der Waals surface area contributed by atoms with Gasteiger partial charge in [0.25, 0.3) is 0 Å². The molecular weight excluding hydrogens is 268 g/mol. The number of fused-ring (bicyclic) bond motifs is 1. The summed E-state index contributed by atoms with van der Waals surface area (Å²) in [6.45, 7) is 6.43. The van der Waals surface area contributed by atoms with Crippen molar-refractivity contribution in [3.63, 3.8) is 0 Å². The Balaban J connectivity index is 1.83. The topological polar surface area (TPSA) is 84.6 Å². The number of carbonyl (C=O) groups excluding carboxylic acids is 1. The molecule has 3 rings (SSSR count). The summed E-state index contributed by atoms with van der Waals surface area (Å²) in [5.41, 5.74) is 6.47. The normalized spacial score (nSPS) is 33.1. The largest absolute Gasteiger partial charge is 0.508 e. The van der Waals surface area contributed by atoms with Crippen molar-refractivity contribution in [2.75, 3.05) is 11.9 Å². The molecule has 0 radical (unpaired) electrons. The first-order valence-corrected chi connectivity index (χ1v) is 7.30. The molecule has 0 bridgehead atoms. The van der Waals surface area contributed by atoms with E-state index in [9.17, 15) is 9.90 Å². The summed E-state index contributed by atoms with van der Waals surface area (Å²) >= 11 is 0. The summed E-state index contributed by atoms with van der Waals surface area (Å²) in [7, 11) is 0. The highest BCUT2D eigenvalue weighted by Gasteiger charge is 2.71. The molecule has 5 heteroatoms. The minimum absolute atomic E-state index is 0.0553. The van der Waals surface area contributed by atoms with Gasteiger partial charge < -0.3 is 20.9 Å². The van der Waals surface area contributed by atoms with Crippen LogP contribution in [0, 0.1) is 18.3 Å². The number of benzene rings is 1. The maximum Gasteiger partial charge on any atom is 0.245 e. The van der Waals surface area contributed by atoms with E-state index >= 15 is 0 Å². The van der Waals surface area contributed by atoms with Gasteiger partial charge in [-0.05, 0) is 25.0 Å². The molecule has 0 aromatic heterocycles. The van der Waals surface area contributed by atoms with Crippen molar-refractivity contribution in [2.24, 2.45) is 17.1 Å². The van der Waals surface area contributed by atoms with Gasteiger partial charge in [0.15, 0.2) is 0 Å². The van der Waals surface area contributed by atoms with Gasteiger partial charge in [0, 0.05) is 29.7 Å². The van der Waals surface area contributed by atoms with Crippen molar-refractivity contribution in [3.8, 4) is 5.75 Å². The van der Waals surface area contributed by atoms with Crippen molar-refractivity contribution in [1.29, 1.82) is 0 Å². The Morgan fingerprint density at radius 3 is 2.86 bits per heavy atom. The SMILES string of the molecule is Cc1ccc(NC(=O)C2(N)C3CCOC3C2(C)C)cc1O. The summed E-state index contributed by atoms with van der Waals surface area (Å²) < 4.78 is 5.70. The summed E-state index contributed by atoms with van der Waals surface area (Å²) in [5.74, 6) is 0.0165. The van der Waals surface area contributed by atoms with Crippen LogP contribution >= 0.6 is 0 Å². The molecule has 21 heavy (non-hydrogen) atoms. The molecule has 1 amide bonds. The van der Waals surface area contributed by atoms with Crippen molar-refractivity contribution in [1.82, 2.24) is 0 Å². The van der Waals surface area contributed by atoms with Gasteiger partial charge in [0.05, 0.1) is 6.10 Å². The Bertz CT molecular complexity index is 599. The Morgan fingerprint density at radius 1 is 1.48 bits per heavy atom. The van der Waals surface area contributed by atoms with Crippen LogP contribution in [-0.2, 0) is 9.53 Å². The number of aryl methyl sites for hydroxylation is 1. The Labute approximate surface area is 124 Å². The number of rotatable bonds is 2. The number of aromatic hydroxyl groups is 1. The number of nitrogens with two attached hydrogens (primary N) is 1. The molecule has 1 saturated carbocycles. The summed E-state index contributed by atoms with van der Waals surface area (Å²) in [6.07, 6.45) is 0.872. The molecule has 1 heterocycles. The summed E-state index contributed by atoms with van der Waals surface area (Å²) in [5, 5.41) is 12.6. The van der Waals surface area contributed by atoms with Crippen LogP contribution in [0.1, 0.15) is 25.8 Å². The van der Waals surface area contributed by atoms with Gasteiger partial charge in [0.1, 0.15) is 11.3 Å². The zero-order valence-electron chi connectivity index (χ0n) is 12.6. The third-order valence-electron chi connectivity index (χ3n) is 5.30. The van der Waals surface area contributed by atoms with Crippen LogP contribution < -0.4 is 11.1 Å². The number of phenols is 1. The number of hydrogen-bond donors (Lipinski definition) is 3. The molecule has 1 saturated heterocycles. The second-order valence-corrected chi connectivity index (χ2v) is 6.73. The number of carbonyl (C=O) groups is 1. The van der Waals surface area contributed by atoms with E-state index in [4.69, 9.17) is 10.5 Å². The number of amides is 1. The minimum atomic E-state index is -0.936. The lowest BCUT2D eigenvalue weighted by atomic mass is 9.48. The molecule has 1 aliphatic carbocycles. The third-order valence-corrected chi connectivity index (χ3v) is 5.30. The lowest BCUT2D eigenvalue weighted by Gasteiger charge is -2.60. The predicted octanol–water partition coefficient (Wildman–Crippen LogP) is 1.78. The molecule has 3 unspecified atom stereocenters. The first kappa shape index (κ1) is 14.4. The van der Waals surface area contributed by atoms with Crippen molar-refractivity contribution < 1.29 is 14.6 Å². The van der Waals surface area contributed by atoms with Gasteiger partial charge in [0.2, 0.25) is 5.91 Å².